The number of unbranched alkanes of at least 4 members (excludes halogenated alkanes) is 6. The van der Waals surface area contributed by atoms with Crippen LogP contribution in [0.15, 0.2) is 24.3 Å². The van der Waals surface area contributed by atoms with E-state index in [4.69, 9.17) is 4.74 Å². The second kappa shape index (κ2) is 5.36. The van der Waals surface area contributed by atoms with Crippen molar-refractivity contribution in [2.24, 2.45) is 0 Å². The Morgan fingerprint density at radius 2 is 1.59 bits per heavy atom. The molecule has 96 valence electrons. The fourth-order valence-electron chi connectivity index (χ4n) is 2.64. The van der Waals surface area contributed by atoms with Gasteiger partial charge in [0.1, 0.15) is 5.60 Å². The van der Waals surface area contributed by atoms with Crippen LogP contribution in [0.5, 0.6) is 0 Å². The Labute approximate surface area is 104 Å². The molecule has 1 fully saturated rings. The average molecular weight is 236 g/mol. The summed E-state index contributed by atoms with van der Waals surface area (Å²) in [7, 11) is 0. The highest BCUT2D eigenvalue weighted by molar-refractivity contribution is 5.34. The van der Waals surface area contributed by atoms with Crippen LogP contribution in [0.4, 0.5) is 0 Å². The van der Waals surface area contributed by atoms with Crippen LogP contribution in [0.1, 0.15) is 58.3 Å². The van der Waals surface area contributed by atoms with E-state index in [0.29, 0.717) is 0 Å². The predicted octanol–water partition coefficient (Wildman–Crippen LogP) is 3.71. The molecule has 2 atom stereocenters. The van der Waals surface area contributed by atoms with Crippen molar-refractivity contribution in [2.75, 3.05) is 0 Å². The quantitative estimate of drug-likeness (QED) is 0.514. The Hall–Kier alpha value is -0.600. The molecule has 1 saturated heterocycles. The molecule has 1 N–H and O–H groups in total. The lowest BCUT2D eigenvalue weighted by atomic mass is 9.91. The predicted molar refractivity (Wildman–Crippen MR) is 69.7 cm³/mol. The Balaban J connectivity index is 1.58. The minimum Gasteiger partial charge on any atom is -0.360 e. The maximum Gasteiger partial charge on any atom is 0.220 e. The summed E-state index contributed by atoms with van der Waals surface area (Å²) >= 11 is 0. The Morgan fingerprint density at radius 1 is 0.941 bits per heavy atom. The van der Waals surface area contributed by atoms with Crippen molar-refractivity contribution in [1.29, 1.82) is 0 Å². The number of epoxide rings is 1. The number of rotatable bonds is 8. The van der Waals surface area contributed by atoms with Crippen molar-refractivity contribution in [2.45, 2.75) is 69.7 Å². The zero-order valence-corrected chi connectivity index (χ0v) is 10.8. The molecule has 0 bridgehead atoms. The SMILES string of the molecule is CCCCCCCCCC12C=CC=CC1(O)O2. The summed E-state index contributed by atoms with van der Waals surface area (Å²) in [5.41, 5.74) is -0.384. The third kappa shape index (κ3) is 2.80. The van der Waals surface area contributed by atoms with Crippen LogP contribution in [0.3, 0.4) is 0 Å². The first-order chi connectivity index (χ1) is 8.22. The van der Waals surface area contributed by atoms with E-state index in [0.717, 1.165) is 12.8 Å². The molecule has 2 nitrogen and oxygen atoms in total. The second-order valence-electron chi connectivity index (χ2n) is 5.28. The third-order valence-corrected chi connectivity index (χ3v) is 3.85. The topological polar surface area (TPSA) is 32.8 Å². The van der Waals surface area contributed by atoms with Crippen LogP contribution in [0, 0.1) is 0 Å². The fourth-order valence-corrected chi connectivity index (χ4v) is 2.64. The number of aliphatic hydroxyl groups is 1. The summed E-state index contributed by atoms with van der Waals surface area (Å²) in [5, 5.41) is 10.0. The van der Waals surface area contributed by atoms with Gasteiger partial charge in [0.05, 0.1) is 0 Å². The van der Waals surface area contributed by atoms with Gasteiger partial charge in [0, 0.05) is 0 Å². The minimum absolute atomic E-state index is 0.384. The number of hydrogen-bond donors (Lipinski definition) is 1. The van der Waals surface area contributed by atoms with E-state index in [1.165, 1.54) is 38.5 Å². The maximum absolute atomic E-state index is 10.0. The zero-order valence-electron chi connectivity index (χ0n) is 10.8. The van der Waals surface area contributed by atoms with Crippen molar-refractivity contribution in [1.82, 2.24) is 0 Å². The van der Waals surface area contributed by atoms with E-state index in [-0.39, 0.29) is 5.60 Å². The van der Waals surface area contributed by atoms with E-state index in [2.05, 4.69) is 6.92 Å². The molecule has 0 amide bonds. The van der Waals surface area contributed by atoms with Gasteiger partial charge in [-0.2, -0.15) is 0 Å². The van der Waals surface area contributed by atoms with Crippen molar-refractivity contribution >= 4 is 0 Å². The van der Waals surface area contributed by atoms with Gasteiger partial charge in [-0.3, -0.25) is 0 Å². The first-order valence-electron chi connectivity index (χ1n) is 7.02. The standard InChI is InChI=1S/C15H24O2/c1-2-3-4-5-6-7-8-11-14-12-9-10-13-15(14,16)17-14/h9-10,12-13,16H,2-8,11H2,1H3. The Kier molecular flexibility index (Phi) is 4.05. The van der Waals surface area contributed by atoms with Gasteiger partial charge in [-0.15, -0.1) is 0 Å². The van der Waals surface area contributed by atoms with Gasteiger partial charge in [-0.1, -0.05) is 64.0 Å². The minimum atomic E-state index is -0.982. The summed E-state index contributed by atoms with van der Waals surface area (Å²) in [6.45, 7) is 2.24. The van der Waals surface area contributed by atoms with Gasteiger partial charge in [0.2, 0.25) is 5.79 Å². The zero-order chi connectivity index (χ0) is 12.2. The lowest BCUT2D eigenvalue weighted by Crippen LogP contribution is -2.23. The van der Waals surface area contributed by atoms with Gasteiger partial charge in [0.15, 0.2) is 0 Å². The van der Waals surface area contributed by atoms with Crippen LogP contribution in [-0.4, -0.2) is 16.5 Å². The molecule has 2 rings (SSSR count). The van der Waals surface area contributed by atoms with Crippen LogP contribution in [0.2, 0.25) is 0 Å². The van der Waals surface area contributed by atoms with E-state index < -0.39 is 5.79 Å². The van der Waals surface area contributed by atoms with Crippen molar-refractivity contribution in [3.63, 3.8) is 0 Å². The molecule has 2 aliphatic rings. The molecule has 17 heavy (non-hydrogen) atoms. The molecule has 2 heteroatoms. The largest absolute Gasteiger partial charge is 0.360 e. The molecule has 0 saturated carbocycles. The summed E-state index contributed by atoms with van der Waals surface area (Å²) in [4.78, 5) is 0. The molecule has 0 spiro atoms. The van der Waals surface area contributed by atoms with Crippen LogP contribution >= 0.6 is 0 Å². The van der Waals surface area contributed by atoms with Crippen LogP contribution < -0.4 is 0 Å². The molecule has 0 aromatic carbocycles. The summed E-state index contributed by atoms with van der Waals surface area (Å²) in [6.07, 6.45) is 17.6. The van der Waals surface area contributed by atoms with Gasteiger partial charge in [-0.05, 0) is 18.6 Å². The lowest BCUT2D eigenvalue weighted by Gasteiger charge is -2.11. The van der Waals surface area contributed by atoms with Crippen molar-refractivity contribution in [3.8, 4) is 0 Å². The summed E-state index contributed by atoms with van der Waals surface area (Å²) in [5.74, 6) is -0.982. The highest BCUT2D eigenvalue weighted by atomic mass is 16.7. The second-order valence-corrected chi connectivity index (χ2v) is 5.28. The summed E-state index contributed by atoms with van der Waals surface area (Å²) in [6, 6.07) is 0. The highest BCUT2D eigenvalue weighted by Crippen LogP contribution is 2.53. The highest BCUT2D eigenvalue weighted by Gasteiger charge is 2.66. The molecule has 1 aliphatic heterocycles. The van der Waals surface area contributed by atoms with E-state index >= 15 is 0 Å². The molecule has 1 heterocycles. The first kappa shape index (κ1) is 12.8. The molecule has 0 radical (unpaired) electrons. The lowest BCUT2D eigenvalue weighted by molar-refractivity contribution is 0.0825. The number of fused-ring (bicyclic) bond motifs is 1. The normalized spacial score (nSPS) is 33.8. The monoisotopic (exact) mass is 236 g/mol. The van der Waals surface area contributed by atoms with Gasteiger partial charge < -0.3 is 9.84 Å². The van der Waals surface area contributed by atoms with Gasteiger partial charge in [-0.25, -0.2) is 0 Å². The van der Waals surface area contributed by atoms with Crippen LogP contribution in [-0.2, 0) is 4.74 Å². The Bertz CT molecular complexity index is 308. The molecule has 0 aromatic rings. The summed E-state index contributed by atoms with van der Waals surface area (Å²) < 4.78 is 5.48. The number of hydrogen-bond acceptors (Lipinski definition) is 2. The van der Waals surface area contributed by atoms with Crippen molar-refractivity contribution < 1.29 is 9.84 Å². The molecule has 1 aliphatic carbocycles. The molecule has 0 aromatic heterocycles. The van der Waals surface area contributed by atoms with Crippen molar-refractivity contribution in [3.05, 3.63) is 24.3 Å². The van der Waals surface area contributed by atoms with E-state index in [1.54, 1.807) is 6.08 Å². The fraction of sp³-hybridized carbons (Fsp3) is 0.733. The van der Waals surface area contributed by atoms with E-state index in [1.807, 2.05) is 18.2 Å². The number of allylic oxidation sites excluding steroid dienone is 2. The number of ether oxygens (including phenoxy) is 1. The smallest absolute Gasteiger partial charge is 0.220 e. The van der Waals surface area contributed by atoms with Crippen LogP contribution in [0.25, 0.3) is 0 Å². The van der Waals surface area contributed by atoms with Gasteiger partial charge >= 0.3 is 0 Å². The van der Waals surface area contributed by atoms with Gasteiger partial charge in [0.25, 0.3) is 0 Å². The molecular formula is C15H24O2. The third-order valence-electron chi connectivity index (χ3n) is 3.85. The molecular weight excluding hydrogens is 212 g/mol. The Morgan fingerprint density at radius 3 is 2.29 bits per heavy atom. The first-order valence-corrected chi connectivity index (χ1v) is 7.02. The van der Waals surface area contributed by atoms with E-state index in [9.17, 15) is 5.11 Å². The maximum atomic E-state index is 10.0. The average Bonchev–Trinajstić information content (AvgIpc) is 2.94. The molecule has 2 unspecified atom stereocenters.